The van der Waals surface area contributed by atoms with Gasteiger partial charge in [0.2, 0.25) is 0 Å². The lowest BCUT2D eigenvalue weighted by molar-refractivity contribution is -0.0493. The molecular formula is C26H30N2O4. The molecule has 0 aromatic heterocycles. The molecule has 4 aliphatic carbocycles. The van der Waals surface area contributed by atoms with Crippen molar-refractivity contribution in [2.45, 2.75) is 62.8 Å². The normalized spacial score (nSPS) is 29.9. The molecule has 2 amide bonds. The van der Waals surface area contributed by atoms with Crippen LogP contribution in [0, 0.1) is 11.8 Å². The predicted octanol–water partition coefficient (Wildman–Crippen LogP) is 4.93. The summed E-state index contributed by atoms with van der Waals surface area (Å²) in [6, 6.07) is 19.4. The Morgan fingerprint density at radius 2 is 1.12 bits per heavy atom. The van der Waals surface area contributed by atoms with Crippen LogP contribution < -0.4 is 10.6 Å². The van der Waals surface area contributed by atoms with E-state index < -0.39 is 0 Å². The average Bonchev–Trinajstić information content (AvgIpc) is 2.76. The van der Waals surface area contributed by atoms with Crippen molar-refractivity contribution in [2.75, 3.05) is 0 Å². The number of rotatable bonds is 6. The van der Waals surface area contributed by atoms with E-state index in [4.69, 9.17) is 9.47 Å². The number of amides is 2. The molecule has 0 saturated heterocycles. The molecule has 4 bridgehead atoms. The molecule has 2 aromatic carbocycles. The lowest BCUT2D eigenvalue weighted by atomic mass is 9.50. The van der Waals surface area contributed by atoms with Crippen molar-refractivity contribution in [1.82, 2.24) is 10.6 Å². The maximum Gasteiger partial charge on any atom is 0.407 e. The Morgan fingerprint density at radius 1 is 0.719 bits per heavy atom. The Bertz CT molecular complexity index is 873. The highest BCUT2D eigenvalue weighted by molar-refractivity contribution is 5.70. The van der Waals surface area contributed by atoms with Crippen LogP contribution in [0.4, 0.5) is 9.59 Å². The smallest absolute Gasteiger partial charge is 0.407 e. The first kappa shape index (κ1) is 20.9. The summed E-state index contributed by atoms with van der Waals surface area (Å²) in [6.45, 7) is 0.510. The Morgan fingerprint density at radius 3 is 1.53 bits per heavy atom. The molecule has 6 nitrogen and oxygen atoms in total. The molecule has 0 heterocycles. The van der Waals surface area contributed by atoms with Crippen molar-refractivity contribution < 1.29 is 19.1 Å². The first-order valence-electron chi connectivity index (χ1n) is 11.5. The lowest BCUT2D eigenvalue weighted by Crippen LogP contribution is -2.69. The third-order valence-corrected chi connectivity index (χ3v) is 7.22. The molecule has 168 valence electrons. The van der Waals surface area contributed by atoms with Crippen LogP contribution in [-0.2, 0) is 22.7 Å². The molecule has 0 radical (unpaired) electrons. The molecule has 6 heteroatoms. The van der Waals surface area contributed by atoms with Crippen LogP contribution in [0.3, 0.4) is 0 Å². The third kappa shape index (κ3) is 4.59. The quantitative estimate of drug-likeness (QED) is 0.676. The predicted molar refractivity (Wildman–Crippen MR) is 120 cm³/mol. The Labute approximate surface area is 188 Å². The summed E-state index contributed by atoms with van der Waals surface area (Å²) in [5.74, 6) is 1.00. The molecule has 0 unspecified atom stereocenters. The second-order valence-corrected chi connectivity index (χ2v) is 9.90. The highest BCUT2D eigenvalue weighted by atomic mass is 16.6. The summed E-state index contributed by atoms with van der Waals surface area (Å²) < 4.78 is 11.0. The van der Waals surface area contributed by atoms with Crippen LogP contribution in [0.1, 0.15) is 49.7 Å². The zero-order valence-corrected chi connectivity index (χ0v) is 18.2. The zero-order chi connectivity index (χ0) is 22.0. The second-order valence-electron chi connectivity index (χ2n) is 9.90. The van der Waals surface area contributed by atoms with E-state index >= 15 is 0 Å². The van der Waals surface area contributed by atoms with Gasteiger partial charge in [0.25, 0.3) is 0 Å². The highest BCUT2D eigenvalue weighted by Gasteiger charge is 2.59. The van der Waals surface area contributed by atoms with Gasteiger partial charge in [-0.2, -0.15) is 0 Å². The largest absolute Gasteiger partial charge is 0.445 e. The van der Waals surface area contributed by atoms with Crippen LogP contribution in [0.15, 0.2) is 60.7 Å². The van der Waals surface area contributed by atoms with E-state index in [1.165, 1.54) is 6.42 Å². The van der Waals surface area contributed by atoms with Gasteiger partial charge in [0.1, 0.15) is 13.2 Å². The zero-order valence-electron chi connectivity index (χ0n) is 18.2. The number of hydrogen-bond acceptors (Lipinski definition) is 4. The molecule has 2 N–H and O–H groups in total. The number of benzene rings is 2. The minimum Gasteiger partial charge on any atom is -0.445 e. The second kappa shape index (κ2) is 8.49. The molecule has 32 heavy (non-hydrogen) atoms. The monoisotopic (exact) mass is 434 g/mol. The summed E-state index contributed by atoms with van der Waals surface area (Å²) in [7, 11) is 0. The van der Waals surface area contributed by atoms with E-state index in [2.05, 4.69) is 10.6 Å². The number of carbonyl (C=O) groups excluding carboxylic acids is 2. The van der Waals surface area contributed by atoms with E-state index in [0.717, 1.165) is 43.2 Å². The fourth-order valence-corrected chi connectivity index (χ4v) is 6.51. The number of carbonyl (C=O) groups is 2. The third-order valence-electron chi connectivity index (χ3n) is 7.22. The number of alkyl carbamates (subject to hydrolysis) is 2. The van der Waals surface area contributed by atoms with Crippen molar-refractivity contribution in [1.29, 1.82) is 0 Å². The molecule has 4 fully saturated rings. The number of nitrogens with one attached hydrogen (secondary N) is 2. The summed E-state index contributed by atoms with van der Waals surface area (Å²) in [5, 5.41) is 6.39. The van der Waals surface area contributed by atoms with Crippen LogP contribution >= 0.6 is 0 Å². The van der Waals surface area contributed by atoms with E-state index in [1.807, 2.05) is 60.7 Å². The van der Waals surface area contributed by atoms with Crippen LogP contribution in [0.25, 0.3) is 0 Å². The fourth-order valence-electron chi connectivity index (χ4n) is 6.51. The lowest BCUT2D eigenvalue weighted by Gasteiger charge is -2.61. The number of ether oxygens (including phenoxy) is 2. The van der Waals surface area contributed by atoms with E-state index in [-0.39, 0.29) is 36.5 Å². The molecule has 0 aliphatic heterocycles. The minimum atomic E-state index is -0.377. The summed E-state index contributed by atoms with van der Waals surface area (Å²) in [4.78, 5) is 25.3. The van der Waals surface area contributed by atoms with Gasteiger partial charge in [-0.25, -0.2) is 9.59 Å². The Hall–Kier alpha value is -3.02. The summed E-state index contributed by atoms with van der Waals surface area (Å²) in [6.07, 6.45) is 4.95. The maximum absolute atomic E-state index is 12.6. The van der Waals surface area contributed by atoms with Gasteiger partial charge in [0.15, 0.2) is 0 Å². The van der Waals surface area contributed by atoms with Gasteiger partial charge in [-0.15, -0.1) is 0 Å². The van der Waals surface area contributed by atoms with E-state index in [0.29, 0.717) is 11.8 Å². The van der Waals surface area contributed by atoms with Crippen molar-refractivity contribution in [3.63, 3.8) is 0 Å². The number of hydrogen-bond donors (Lipinski definition) is 2. The summed E-state index contributed by atoms with van der Waals surface area (Å²) in [5.41, 5.74) is 1.30. The van der Waals surface area contributed by atoms with Crippen LogP contribution in [0.5, 0.6) is 0 Å². The summed E-state index contributed by atoms with van der Waals surface area (Å²) >= 11 is 0. The van der Waals surface area contributed by atoms with Crippen molar-refractivity contribution in [2.24, 2.45) is 11.8 Å². The first-order valence-corrected chi connectivity index (χ1v) is 11.5. The molecule has 4 saturated carbocycles. The van der Waals surface area contributed by atoms with Gasteiger partial charge in [-0.3, -0.25) is 0 Å². The molecule has 4 aliphatic rings. The molecular weight excluding hydrogens is 404 g/mol. The average molecular weight is 435 g/mol. The first-order chi connectivity index (χ1) is 15.5. The van der Waals surface area contributed by atoms with E-state index in [9.17, 15) is 9.59 Å². The highest BCUT2D eigenvalue weighted by Crippen LogP contribution is 2.57. The Balaban J connectivity index is 1.20. The molecule has 0 atom stereocenters. The van der Waals surface area contributed by atoms with Gasteiger partial charge in [-0.05, 0) is 61.5 Å². The van der Waals surface area contributed by atoms with Crippen molar-refractivity contribution in [3.8, 4) is 0 Å². The molecule has 6 rings (SSSR count). The van der Waals surface area contributed by atoms with Gasteiger partial charge in [0, 0.05) is 11.1 Å². The fraction of sp³-hybridized carbons (Fsp3) is 0.462. The van der Waals surface area contributed by atoms with Crippen LogP contribution in [0.2, 0.25) is 0 Å². The van der Waals surface area contributed by atoms with Crippen molar-refractivity contribution in [3.05, 3.63) is 71.8 Å². The van der Waals surface area contributed by atoms with Gasteiger partial charge < -0.3 is 20.1 Å². The standard InChI is InChI=1S/C26H30N2O4/c29-23(31-16-19-7-3-1-4-8-19)27-25-12-21-11-22(13-25)15-26(14-21,18-25)28-24(30)32-17-20-9-5-2-6-10-20/h1-10,21-22H,11-18H2,(H,27,29)(H,28,30). The molecule has 2 aromatic rings. The Kier molecular flexibility index (Phi) is 5.53. The van der Waals surface area contributed by atoms with E-state index in [1.54, 1.807) is 0 Å². The van der Waals surface area contributed by atoms with Gasteiger partial charge in [0.05, 0.1) is 0 Å². The van der Waals surface area contributed by atoms with Crippen LogP contribution in [-0.4, -0.2) is 23.3 Å². The minimum absolute atomic E-state index is 0.255. The van der Waals surface area contributed by atoms with Gasteiger partial charge >= 0.3 is 12.2 Å². The van der Waals surface area contributed by atoms with Gasteiger partial charge in [-0.1, -0.05) is 60.7 Å². The SMILES string of the molecule is O=C(NC12CC3CC(C1)CC(NC(=O)OCc1ccccc1)(C3)C2)OCc1ccccc1. The maximum atomic E-state index is 12.6. The topological polar surface area (TPSA) is 76.7 Å². The van der Waals surface area contributed by atoms with Crippen molar-refractivity contribution >= 4 is 12.2 Å². The molecule has 0 spiro atoms.